The molecule has 0 aliphatic carbocycles. The maximum atomic E-state index is 8.66. The normalized spacial score (nSPS) is 11.1. The summed E-state index contributed by atoms with van der Waals surface area (Å²) >= 11 is 0. The van der Waals surface area contributed by atoms with Crippen LogP contribution in [0.1, 0.15) is 20.8 Å². The van der Waals surface area contributed by atoms with Gasteiger partial charge in [-0.1, -0.05) is 0 Å². The van der Waals surface area contributed by atoms with Gasteiger partial charge in [0.05, 0.1) is 0 Å². The van der Waals surface area contributed by atoms with Gasteiger partial charge in [-0.25, -0.2) is 0 Å². The Morgan fingerprint density at radius 1 is 0.818 bits per heavy atom. The van der Waals surface area contributed by atoms with Crippen LogP contribution in [0.2, 0.25) is 6.55 Å². The van der Waals surface area contributed by atoms with Crippen LogP contribution in [0.15, 0.2) is 0 Å². The van der Waals surface area contributed by atoms with Crippen LogP contribution in [0.5, 0.6) is 0 Å². The summed E-state index contributed by atoms with van der Waals surface area (Å²) in [5.41, 5.74) is 0. The fourth-order valence-electron chi connectivity index (χ4n) is 1.36. The number of carbonyl (C=O) groups is 1. The second-order valence-electron chi connectivity index (χ2n) is 3.61. The number of hydrogen-bond donors (Lipinski definition) is 1. The van der Waals surface area contributed by atoms with E-state index in [9.17, 15) is 0 Å². The topological polar surface area (TPSA) is 92.7 Å². The zero-order chi connectivity index (χ0) is 18.1. The number of aliphatic hydroxyl groups is 1. The van der Waals surface area contributed by atoms with E-state index >= 15 is 0 Å². The number of carbonyl (C=O) groups excluding carboxylic acids is 1. The molecule has 0 aromatic rings. The molecule has 0 spiro atoms. The van der Waals surface area contributed by atoms with Gasteiger partial charge in [0, 0.05) is 47.7 Å². The molecule has 136 valence electrons. The smallest absolute Gasteiger partial charge is 0.392 e. The Morgan fingerprint density at radius 2 is 1.09 bits per heavy atom. The Balaban J connectivity index is -0.000000299. The standard InChI is InChI=1S/C7H18O3Si.C4H12O4Si.CH2O/c1-5-8-11(4,9-6-2)10-7-3;1-6-9(4-5,7-2)8-3;1-2/h5-7H2,1-4H3;5H,4H2,1-3H3;1H2. The van der Waals surface area contributed by atoms with Crippen molar-refractivity contribution in [3.05, 3.63) is 0 Å². The molecule has 0 saturated carbocycles. The molecular formula is C12H32O8Si2. The van der Waals surface area contributed by atoms with Crippen LogP contribution in [-0.2, 0) is 31.4 Å². The Kier molecular flexibility index (Phi) is 20.9. The predicted octanol–water partition coefficient (Wildman–Crippen LogP) is 0.876. The van der Waals surface area contributed by atoms with Gasteiger partial charge in [0.1, 0.15) is 13.0 Å². The quantitative estimate of drug-likeness (QED) is 0.574. The molecule has 0 radical (unpaired) electrons. The fraction of sp³-hybridized carbons (Fsp3) is 0.917. The molecule has 0 aliphatic rings. The first-order valence-electron chi connectivity index (χ1n) is 6.90. The highest BCUT2D eigenvalue weighted by Crippen LogP contribution is 2.08. The first-order valence-corrected chi connectivity index (χ1v) is 11.1. The summed E-state index contributed by atoms with van der Waals surface area (Å²) in [5, 5.41) is 8.66. The molecule has 0 saturated heterocycles. The molecule has 0 heterocycles. The second-order valence-corrected chi connectivity index (χ2v) is 9.11. The van der Waals surface area contributed by atoms with Crippen molar-refractivity contribution in [3.63, 3.8) is 0 Å². The maximum Gasteiger partial charge on any atom is 0.527 e. The lowest BCUT2D eigenvalue weighted by Gasteiger charge is -2.23. The fourth-order valence-corrected chi connectivity index (χ4v) is 4.07. The van der Waals surface area contributed by atoms with E-state index in [0.717, 1.165) is 0 Å². The monoisotopic (exact) mass is 360 g/mol. The highest BCUT2D eigenvalue weighted by molar-refractivity contribution is 6.60. The van der Waals surface area contributed by atoms with Gasteiger partial charge >= 0.3 is 17.6 Å². The summed E-state index contributed by atoms with van der Waals surface area (Å²) < 4.78 is 30.7. The second kappa shape index (κ2) is 17.2. The lowest BCUT2D eigenvalue weighted by atomic mass is 10.9. The third kappa shape index (κ3) is 12.4. The molecule has 0 fully saturated rings. The Morgan fingerprint density at radius 3 is 1.18 bits per heavy atom. The first-order chi connectivity index (χ1) is 10.4. The van der Waals surface area contributed by atoms with Crippen LogP contribution in [0, 0.1) is 0 Å². The van der Waals surface area contributed by atoms with Crippen molar-refractivity contribution in [2.24, 2.45) is 0 Å². The molecule has 0 bridgehead atoms. The molecule has 0 aromatic heterocycles. The van der Waals surface area contributed by atoms with Gasteiger partial charge in [-0.3, -0.25) is 0 Å². The molecule has 0 rings (SSSR count). The van der Waals surface area contributed by atoms with Crippen molar-refractivity contribution in [2.45, 2.75) is 27.3 Å². The van der Waals surface area contributed by atoms with Gasteiger partial charge in [-0.2, -0.15) is 0 Å². The van der Waals surface area contributed by atoms with E-state index < -0.39 is 17.6 Å². The van der Waals surface area contributed by atoms with Crippen LogP contribution >= 0.6 is 0 Å². The summed E-state index contributed by atoms with van der Waals surface area (Å²) in [4.78, 5) is 8.00. The Labute approximate surface area is 136 Å². The van der Waals surface area contributed by atoms with Crippen LogP contribution < -0.4 is 0 Å². The molecule has 0 aromatic carbocycles. The van der Waals surface area contributed by atoms with E-state index in [1.54, 1.807) is 0 Å². The van der Waals surface area contributed by atoms with Gasteiger partial charge in [0.2, 0.25) is 0 Å². The Hall–Kier alpha value is -0.176. The van der Waals surface area contributed by atoms with Crippen molar-refractivity contribution < 1.29 is 36.5 Å². The van der Waals surface area contributed by atoms with Crippen molar-refractivity contribution >= 4 is 24.4 Å². The summed E-state index contributed by atoms with van der Waals surface area (Å²) in [5.74, 6) is 0. The van der Waals surface area contributed by atoms with E-state index in [4.69, 9.17) is 36.5 Å². The predicted molar refractivity (Wildman–Crippen MR) is 87.5 cm³/mol. The molecule has 0 unspecified atom stereocenters. The largest absolute Gasteiger partial charge is 0.527 e. The molecule has 0 atom stereocenters. The summed E-state index contributed by atoms with van der Waals surface area (Å²) in [6, 6.07) is 0. The average molecular weight is 361 g/mol. The van der Waals surface area contributed by atoms with Crippen LogP contribution in [0.25, 0.3) is 0 Å². The van der Waals surface area contributed by atoms with Crippen LogP contribution in [0.3, 0.4) is 0 Å². The maximum absolute atomic E-state index is 8.66. The summed E-state index contributed by atoms with van der Waals surface area (Å²) in [6.07, 6.45) is -0.184. The van der Waals surface area contributed by atoms with Crippen molar-refractivity contribution in [1.82, 2.24) is 0 Å². The summed E-state index contributed by atoms with van der Waals surface area (Å²) in [6.45, 7) is 11.7. The van der Waals surface area contributed by atoms with E-state index in [1.807, 2.05) is 34.1 Å². The van der Waals surface area contributed by atoms with Crippen molar-refractivity contribution in [2.75, 3.05) is 47.4 Å². The molecule has 10 heteroatoms. The minimum Gasteiger partial charge on any atom is -0.392 e. The van der Waals surface area contributed by atoms with Crippen molar-refractivity contribution in [1.29, 1.82) is 0 Å². The van der Waals surface area contributed by atoms with Gasteiger partial charge in [-0.05, 0) is 20.8 Å². The lowest BCUT2D eigenvalue weighted by molar-refractivity contribution is -0.0980. The third-order valence-electron chi connectivity index (χ3n) is 2.35. The highest BCUT2D eigenvalue weighted by atomic mass is 28.4. The number of aliphatic hydroxyl groups excluding tert-OH is 1. The minimum atomic E-state index is -2.64. The van der Waals surface area contributed by atoms with Gasteiger partial charge in [-0.15, -0.1) is 0 Å². The third-order valence-corrected chi connectivity index (χ3v) is 7.04. The van der Waals surface area contributed by atoms with Crippen LogP contribution in [0.4, 0.5) is 0 Å². The zero-order valence-corrected chi connectivity index (χ0v) is 16.8. The Bertz CT molecular complexity index is 195. The molecule has 22 heavy (non-hydrogen) atoms. The highest BCUT2D eigenvalue weighted by Gasteiger charge is 2.36. The molecule has 0 aliphatic heterocycles. The number of rotatable bonds is 10. The van der Waals surface area contributed by atoms with E-state index in [2.05, 4.69) is 0 Å². The first kappa shape index (κ1) is 26.7. The van der Waals surface area contributed by atoms with Gasteiger partial charge < -0.3 is 36.5 Å². The van der Waals surface area contributed by atoms with E-state index in [-0.39, 0.29) is 6.23 Å². The molecular weight excluding hydrogens is 328 g/mol. The summed E-state index contributed by atoms with van der Waals surface area (Å²) in [7, 11) is -0.524. The van der Waals surface area contributed by atoms with E-state index in [0.29, 0.717) is 19.8 Å². The molecule has 0 amide bonds. The SMILES string of the molecule is C=O.CCO[Si](C)(OCC)OCC.CO[Si](CO)(OC)OC. The van der Waals surface area contributed by atoms with Crippen molar-refractivity contribution in [3.8, 4) is 0 Å². The number of hydrogen-bond acceptors (Lipinski definition) is 8. The van der Waals surface area contributed by atoms with E-state index in [1.165, 1.54) is 21.3 Å². The molecule has 8 nitrogen and oxygen atoms in total. The van der Waals surface area contributed by atoms with Gasteiger partial charge in [0.25, 0.3) is 0 Å². The lowest BCUT2D eigenvalue weighted by Crippen LogP contribution is -2.47. The minimum absolute atomic E-state index is 0.184. The van der Waals surface area contributed by atoms with Crippen LogP contribution in [-0.4, -0.2) is 76.9 Å². The average Bonchev–Trinajstić information content (AvgIpc) is 2.53. The molecule has 1 N–H and O–H groups in total. The van der Waals surface area contributed by atoms with Gasteiger partial charge in [0.15, 0.2) is 0 Å². The zero-order valence-electron chi connectivity index (χ0n) is 14.8.